The summed E-state index contributed by atoms with van der Waals surface area (Å²) in [5.74, 6) is -0.228. The molecule has 0 spiro atoms. The molecule has 0 aromatic rings. The molecule has 2 fully saturated rings. The van der Waals surface area contributed by atoms with E-state index < -0.39 is 86.8 Å². The first-order chi connectivity index (χ1) is 29.1. The molecule has 2 rings (SSSR count). The molecule has 14 nitrogen and oxygen atoms in total. The lowest BCUT2D eigenvalue weighted by Crippen LogP contribution is -2.65. The fourth-order valence-electron chi connectivity index (χ4n) is 7.54. The van der Waals surface area contributed by atoms with Gasteiger partial charge in [0.2, 0.25) is 5.91 Å². The molecule has 2 aliphatic rings. The number of aliphatic hydroxyl groups is 8. The molecule has 350 valence electrons. The minimum atomic E-state index is -1.78. The van der Waals surface area contributed by atoms with E-state index in [9.17, 15) is 45.6 Å². The van der Waals surface area contributed by atoms with Gasteiger partial charge in [0.25, 0.3) is 0 Å². The van der Waals surface area contributed by atoms with Gasteiger partial charge in [-0.25, -0.2) is 0 Å². The second kappa shape index (κ2) is 33.7. The van der Waals surface area contributed by atoms with Gasteiger partial charge in [-0.05, 0) is 44.9 Å². The molecule has 12 unspecified atom stereocenters. The van der Waals surface area contributed by atoms with Crippen LogP contribution in [0.15, 0.2) is 36.5 Å². The van der Waals surface area contributed by atoms with E-state index in [4.69, 9.17) is 18.9 Å². The van der Waals surface area contributed by atoms with Crippen molar-refractivity contribution in [1.82, 2.24) is 5.32 Å². The third kappa shape index (κ3) is 21.5. The number of rotatable bonds is 34. The lowest BCUT2D eigenvalue weighted by atomic mass is 9.97. The van der Waals surface area contributed by atoms with E-state index in [-0.39, 0.29) is 18.9 Å². The molecule has 0 aromatic heterocycles. The van der Waals surface area contributed by atoms with Crippen molar-refractivity contribution in [3.8, 4) is 0 Å². The van der Waals surface area contributed by atoms with Crippen LogP contribution in [0.2, 0.25) is 0 Å². The first-order valence-corrected chi connectivity index (χ1v) is 23.2. The first kappa shape index (κ1) is 54.3. The summed E-state index contributed by atoms with van der Waals surface area (Å²) >= 11 is 0. The third-order valence-corrected chi connectivity index (χ3v) is 11.4. The van der Waals surface area contributed by atoms with Crippen molar-refractivity contribution < 1.29 is 64.6 Å². The quantitative estimate of drug-likeness (QED) is 0.0315. The maximum absolute atomic E-state index is 13.1. The van der Waals surface area contributed by atoms with Gasteiger partial charge in [0.15, 0.2) is 12.6 Å². The smallest absolute Gasteiger partial charge is 0.220 e. The van der Waals surface area contributed by atoms with E-state index in [0.717, 1.165) is 77.0 Å². The summed E-state index contributed by atoms with van der Waals surface area (Å²) < 4.78 is 22.7. The van der Waals surface area contributed by atoms with Gasteiger partial charge in [0.1, 0.15) is 48.8 Å². The summed E-state index contributed by atoms with van der Waals surface area (Å²) in [4.78, 5) is 13.1. The Morgan fingerprint density at radius 2 is 1.15 bits per heavy atom. The van der Waals surface area contributed by atoms with Crippen LogP contribution in [0.5, 0.6) is 0 Å². The number of unbranched alkanes of at least 4 members (excludes halogenated alkanes) is 15. The SMILES string of the molecule is CC/C=C\C/C=C\C/C=C\CCCCCCCC(=O)NC(COC1OC(CO)C(OC2OC(CO)C(O)C(O)C2O)C(O)C1O)C(O)CCCCCCCCCCCCC. The standard InChI is InChI=1S/C46H83NO13/c1-3-5-7-9-11-13-15-16-17-18-20-22-24-26-28-30-38(51)47-34(35(50)29-27-25-23-21-19-14-12-10-8-6-4-2)33-57-45-43(56)41(54)44(37(32-49)59-45)60-46-42(55)40(53)39(52)36(31-48)58-46/h5,7,11,13,16-17,34-37,39-46,48-50,52-56H,3-4,6,8-10,12,14-15,18-33H2,1-2H3,(H,47,51)/b7-5-,13-11-,17-16-. The van der Waals surface area contributed by atoms with Gasteiger partial charge in [-0.2, -0.15) is 0 Å². The van der Waals surface area contributed by atoms with Gasteiger partial charge >= 0.3 is 0 Å². The minimum Gasteiger partial charge on any atom is -0.394 e. The van der Waals surface area contributed by atoms with E-state index in [0.29, 0.717) is 12.8 Å². The van der Waals surface area contributed by atoms with Crippen molar-refractivity contribution in [2.45, 2.75) is 229 Å². The van der Waals surface area contributed by atoms with Crippen LogP contribution in [0.4, 0.5) is 0 Å². The molecule has 2 saturated heterocycles. The minimum absolute atomic E-state index is 0.228. The Bertz CT molecular complexity index is 1150. The van der Waals surface area contributed by atoms with Crippen LogP contribution in [0.3, 0.4) is 0 Å². The number of hydrogen-bond donors (Lipinski definition) is 9. The number of amides is 1. The van der Waals surface area contributed by atoms with Crippen LogP contribution in [-0.4, -0.2) is 140 Å². The van der Waals surface area contributed by atoms with Crippen LogP contribution >= 0.6 is 0 Å². The Labute approximate surface area is 360 Å². The predicted molar refractivity (Wildman–Crippen MR) is 231 cm³/mol. The van der Waals surface area contributed by atoms with E-state index in [1.807, 2.05) is 0 Å². The molecular weight excluding hydrogens is 774 g/mol. The number of carbonyl (C=O) groups is 1. The van der Waals surface area contributed by atoms with Crippen LogP contribution < -0.4 is 5.32 Å². The summed E-state index contributed by atoms with van der Waals surface area (Å²) in [5, 5.41) is 86.6. The summed E-state index contributed by atoms with van der Waals surface area (Å²) in [6.07, 6.45) is 18.7. The monoisotopic (exact) mass is 858 g/mol. The van der Waals surface area contributed by atoms with Crippen molar-refractivity contribution in [3.05, 3.63) is 36.5 Å². The highest BCUT2D eigenvalue weighted by Crippen LogP contribution is 2.30. The number of hydrogen-bond acceptors (Lipinski definition) is 13. The first-order valence-electron chi connectivity index (χ1n) is 23.2. The summed E-state index contributed by atoms with van der Waals surface area (Å²) in [5.41, 5.74) is 0. The van der Waals surface area contributed by atoms with E-state index in [1.165, 1.54) is 44.9 Å². The highest BCUT2D eigenvalue weighted by atomic mass is 16.7. The van der Waals surface area contributed by atoms with E-state index in [2.05, 4.69) is 55.6 Å². The summed E-state index contributed by atoms with van der Waals surface area (Å²) in [6, 6.07) is -0.835. The molecule has 0 bridgehead atoms. The molecule has 0 aromatic carbocycles. The molecule has 2 aliphatic heterocycles. The van der Waals surface area contributed by atoms with Gasteiger partial charge in [-0.15, -0.1) is 0 Å². The van der Waals surface area contributed by atoms with Crippen LogP contribution in [0, 0.1) is 0 Å². The maximum atomic E-state index is 13.1. The van der Waals surface area contributed by atoms with Gasteiger partial charge in [-0.1, -0.05) is 140 Å². The Balaban J connectivity index is 1.88. The number of allylic oxidation sites excluding steroid dienone is 6. The zero-order valence-corrected chi connectivity index (χ0v) is 36.7. The largest absolute Gasteiger partial charge is 0.394 e. The average molecular weight is 858 g/mol. The lowest BCUT2D eigenvalue weighted by Gasteiger charge is -2.46. The van der Waals surface area contributed by atoms with Gasteiger partial charge in [0.05, 0.1) is 32.0 Å². The molecule has 0 aliphatic carbocycles. The zero-order chi connectivity index (χ0) is 44.0. The van der Waals surface area contributed by atoms with Gasteiger partial charge in [0, 0.05) is 6.42 Å². The highest BCUT2D eigenvalue weighted by Gasteiger charge is 2.51. The zero-order valence-electron chi connectivity index (χ0n) is 36.7. The van der Waals surface area contributed by atoms with Crippen LogP contribution in [0.25, 0.3) is 0 Å². The molecule has 9 N–H and O–H groups in total. The average Bonchev–Trinajstić information content (AvgIpc) is 3.24. The lowest BCUT2D eigenvalue weighted by molar-refractivity contribution is -0.359. The van der Waals surface area contributed by atoms with E-state index in [1.54, 1.807) is 0 Å². The number of ether oxygens (including phenoxy) is 4. The Morgan fingerprint density at radius 1 is 0.617 bits per heavy atom. The van der Waals surface area contributed by atoms with E-state index >= 15 is 0 Å². The molecular formula is C46H83NO13. The number of aliphatic hydroxyl groups excluding tert-OH is 8. The van der Waals surface area contributed by atoms with Crippen LogP contribution in [0.1, 0.15) is 155 Å². The number of nitrogens with one attached hydrogen (secondary N) is 1. The van der Waals surface area contributed by atoms with Gasteiger partial charge < -0.3 is 65.1 Å². The normalized spacial score (nSPS) is 28.6. The van der Waals surface area contributed by atoms with Crippen molar-refractivity contribution in [2.75, 3.05) is 19.8 Å². The fraction of sp³-hybridized carbons (Fsp3) is 0.848. The molecule has 0 radical (unpaired) electrons. The molecule has 0 saturated carbocycles. The Kier molecular flexibility index (Phi) is 30.5. The number of carbonyl (C=O) groups excluding carboxylic acids is 1. The van der Waals surface area contributed by atoms with Crippen molar-refractivity contribution >= 4 is 5.91 Å². The molecule has 12 atom stereocenters. The van der Waals surface area contributed by atoms with Crippen molar-refractivity contribution in [3.63, 3.8) is 0 Å². The maximum Gasteiger partial charge on any atom is 0.220 e. The van der Waals surface area contributed by atoms with Crippen molar-refractivity contribution in [1.29, 1.82) is 0 Å². The Hall–Kier alpha value is -1.79. The third-order valence-electron chi connectivity index (χ3n) is 11.4. The summed E-state index contributed by atoms with van der Waals surface area (Å²) in [6.45, 7) is 2.68. The van der Waals surface area contributed by atoms with Gasteiger partial charge in [-0.3, -0.25) is 4.79 Å². The van der Waals surface area contributed by atoms with Crippen LogP contribution in [-0.2, 0) is 23.7 Å². The second-order valence-electron chi connectivity index (χ2n) is 16.5. The molecule has 2 heterocycles. The molecule has 60 heavy (non-hydrogen) atoms. The second-order valence-corrected chi connectivity index (χ2v) is 16.5. The summed E-state index contributed by atoms with van der Waals surface area (Å²) in [7, 11) is 0. The highest BCUT2D eigenvalue weighted by molar-refractivity contribution is 5.76. The topological polar surface area (TPSA) is 228 Å². The fourth-order valence-corrected chi connectivity index (χ4v) is 7.54. The molecule has 14 heteroatoms. The van der Waals surface area contributed by atoms with Crippen molar-refractivity contribution in [2.24, 2.45) is 0 Å². The predicted octanol–water partition coefficient (Wildman–Crippen LogP) is 4.76. The molecule has 1 amide bonds. The Morgan fingerprint density at radius 3 is 1.77 bits per heavy atom.